The smallest absolute Gasteiger partial charge is 0.0918 e. The van der Waals surface area contributed by atoms with E-state index in [1.54, 1.807) is 0 Å². The van der Waals surface area contributed by atoms with Crippen molar-refractivity contribution in [1.29, 1.82) is 0 Å². The first-order chi connectivity index (χ1) is 8.72. The van der Waals surface area contributed by atoms with Gasteiger partial charge in [0.15, 0.2) is 0 Å². The lowest BCUT2D eigenvalue weighted by molar-refractivity contribution is -0.299. The number of rotatable bonds is 7. The van der Waals surface area contributed by atoms with Gasteiger partial charge in [-0.05, 0) is 53.9 Å². The van der Waals surface area contributed by atoms with Crippen molar-refractivity contribution in [2.24, 2.45) is 0 Å². The summed E-state index contributed by atoms with van der Waals surface area (Å²) >= 11 is 0. The number of hydrogen-bond donors (Lipinski definition) is 0. The number of unbranched alkanes of at least 4 members (excludes halogenated alkanes) is 1. The van der Waals surface area contributed by atoms with Crippen molar-refractivity contribution in [3.05, 3.63) is 0 Å². The summed E-state index contributed by atoms with van der Waals surface area (Å²) in [4.78, 5) is 0. The van der Waals surface area contributed by atoms with E-state index >= 15 is 0 Å². The Hall–Kier alpha value is -0.120. The predicted octanol–water partition coefficient (Wildman–Crippen LogP) is 3.95. The molecule has 1 aliphatic rings. The second-order valence-corrected chi connectivity index (χ2v) is 6.93. The highest BCUT2D eigenvalue weighted by Crippen LogP contribution is 2.40. The maximum Gasteiger partial charge on any atom is 0.0918 e. The quantitative estimate of drug-likeness (QED) is 0.657. The Labute approximate surface area is 119 Å². The first-order valence-corrected chi connectivity index (χ1v) is 7.64. The molecule has 0 N–H and O–H groups in total. The Morgan fingerprint density at radius 1 is 0.947 bits per heavy atom. The van der Waals surface area contributed by atoms with Gasteiger partial charge in [-0.3, -0.25) is 0 Å². The maximum absolute atomic E-state index is 6.32. The lowest BCUT2D eigenvalue weighted by Gasteiger charge is -2.52. The molecule has 1 atom stereocenters. The van der Waals surface area contributed by atoms with E-state index < -0.39 is 0 Å². The van der Waals surface area contributed by atoms with Crippen molar-refractivity contribution in [1.82, 2.24) is 0 Å². The molecule has 3 nitrogen and oxygen atoms in total. The Balaban J connectivity index is 2.33. The van der Waals surface area contributed by atoms with E-state index in [1.165, 1.54) is 6.42 Å². The third-order valence-electron chi connectivity index (χ3n) is 4.33. The molecule has 0 aromatic heterocycles. The van der Waals surface area contributed by atoms with Crippen LogP contribution in [0.2, 0.25) is 0 Å². The molecular weight excluding hydrogens is 240 g/mol. The van der Waals surface area contributed by atoms with Crippen LogP contribution in [0.25, 0.3) is 0 Å². The van der Waals surface area contributed by atoms with Crippen LogP contribution in [0.4, 0.5) is 0 Å². The van der Waals surface area contributed by atoms with E-state index in [2.05, 4.69) is 41.5 Å². The lowest BCUT2D eigenvalue weighted by atomic mass is 9.85. The molecule has 19 heavy (non-hydrogen) atoms. The maximum atomic E-state index is 6.32. The number of hydrogen-bond acceptors (Lipinski definition) is 3. The second-order valence-electron chi connectivity index (χ2n) is 6.93. The van der Waals surface area contributed by atoms with E-state index in [0.717, 1.165) is 32.5 Å². The molecule has 0 bridgehead atoms. The molecule has 0 saturated carbocycles. The van der Waals surface area contributed by atoms with Crippen LogP contribution in [-0.2, 0) is 14.2 Å². The van der Waals surface area contributed by atoms with Gasteiger partial charge in [-0.15, -0.1) is 0 Å². The Morgan fingerprint density at radius 3 is 2.16 bits per heavy atom. The summed E-state index contributed by atoms with van der Waals surface area (Å²) in [5.41, 5.74) is -0.680. The van der Waals surface area contributed by atoms with Crippen LogP contribution in [-0.4, -0.2) is 36.6 Å². The van der Waals surface area contributed by atoms with Crippen LogP contribution in [0.1, 0.15) is 67.2 Å². The van der Waals surface area contributed by atoms with Gasteiger partial charge >= 0.3 is 0 Å². The van der Waals surface area contributed by atoms with Gasteiger partial charge in [-0.25, -0.2) is 0 Å². The van der Waals surface area contributed by atoms with E-state index in [4.69, 9.17) is 14.2 Å². The highest BCUT2D eigenvalue weighted by molar-refractivity contribution is 4.97. The molecule has 114 valence electrons. The van der Waals surface area contributed by atoms with E-state index in [9.17, 15) is 0 Å². The van der Waals surface area contributed by atoms with Gasteiger partial charge in [0.1, 0.15) is 0 Å². The monoisotopic (exact) mass is 272 g/mol. The summed E-state index contributed by atoms with van der Waals surface area (Å²) in [5.74, 6) is 0. The minimum absolute atomic E-state index is 0.187. The fraction of sp³-hybridized carbons (Fsp3) is 1.00. The van der Waals surface area contributed by atoms with Gasteiger partial charge in [0, 0.05) is 13.2 Å². The fourth-order valence-corrected chi connectivity index (χ4v) is 2.30. The Bertz CT molecular complexity index is 273. The minimum atomic E-state index is -0.261. The summed E-state index contributed by atoms with van der Waals surface area (Å²) in [6.45, 7) is 15.1. The molecule has 1 aliphatic heterocycles. The summed E-state index contributed by atoms with van der Waals surface area (Å²) in [5, 5.41) is 0. The van der Waals surface area contributed by atoms with Crippen LogP contribution >= 0.6 is 0 Å². The molecule has 1 fully saturated rings. The average molecular weight is 272 g/mol. The normalized spacial score (nSPS) is 29.4. The SMILES string of the molecule is CCCCOCCCC1(C)COC(C)(C)C(C)(C)O1. The summed E-state index contributed by atoms with van der Waals surface area (Å²) in [6.07, 6.45) is 4.36. The molecule has 1 saturated heterocycles. The molecule has 0 aromatic carbocycles. The van der Waals surface area contributed by atoms with Crippen molar-refractivity contribution in [2.75, 3.05) is 19.8 Å². The van der Waals surface area contributed by atoms with Crippen LogP contribution < -0.4 is 0 Å². The van der Waals surface area contributed by atoms with Gasteiger partial charge < -0.3 is 14.2 Å². The molecule has 3 heteroatoms. The standard InChI is InChI=1S/C16H32O3/c1-7-8-11-17-12-9-10-16(6)13-18-14(2,3)15(4,5)19-16/h7-13H2,1-6H3. The molecule has 1 unspecified atom stereocenters. The van der Waals surface area contributed by atoms with Crippen molar-refractivity contribution in [3.8, 4) is 0 Å². The molecule has 0 amide bonds. The second kappa shape index (κ2) is 6.55. The topological polar surface area (TPSA) is 27.7 Å². The third-order valence-corrected chi connectivity index (χ3v) is 4.33. The molecule has 1 heterocycles. The van der Waals surface area contributed by atoms with Gasteiger partial charge in [-0.1, -0.05) is 13.3 Å². The highest BCUT2D eigenvalue weighted by atomic mass is 16.6. The summed E-state index contributed by atoms with van der Waals surface area (Å²) in [7, 11) is 0. The average Bonchev–Trinajstić information content (AvgIpc) is 2.29. The van der Waals surface area contributed by atoms with Crippen molar-refractivity contribution in [2.45, 2.75) is 84.0 Å². The molecule has 1 rings (SSSR count). The molecular formula is C16H32O3. The van der Waals surface area contributed by atoms with Gasteiger partial charge in [0.2, 0.25) is 0 Å². The van der Waals surface area contributed by atoms with Crippen LogP contribution in [0, 0.1) is 0 Å². The minimum Gasteiger partial charge on any atom is -0.381 e. The zero-order chi connectivity index (χ0) is 14.6. The summed E-state index contributed by atoms with van der Waals surface area (Å²) < 4.78 is 18.0. The first-order valence-electron chi connectivity index (χ1n) is 7.64. The zero-order valence-corrected chi connectivity index (χ0v) is 13.7. The Kier molecular flexibility index (Phi) is 5.84. The molecule has 0 radical (unpaired) electrons. The van der Waals surface area contributed by atoms with Crippen molar-refractivity contribution in [3.63, 3.8) is 0 Å². The van der Waals surface area contributed by atoms with Crippen molar-refractivity contribution < 1.29 is 14.2 Å². The largest absolute Gasteiger partial charge is 0.381 e. The highest BCUT2D eigenvalue weighted by Gasteiger charge is 2.49. The summed E-state index contributed by atoms with van der Waals surface area (Å²) in [6, 6.07) is 0. The third kappa shape index (κ3) is 4.73. The zero-order valence-electron chi connectivity index (χ0n) is 13.7. The van der Waals surface area contributed by atoms with Crippen LogP contribution in [0.3, 0.4) is 0 Å². The van der Waals surface area contributed by atoms with Gasteiger partial charge in [0.05, 0.1) is 23.4 Å². The van der Waals surface area contributed by atoms with E-state index in [0.29, 0.717) is 6.61 Å². The number of ether oxygens (including phenoxy) is 3. The van der Waals surface area contributed by atoms with E-state index in [1.807, 2.05) is 0 Å². The van der Waals surface area contributed by atoms with Crippen LogP contribution in [0.5, 0.6) is 0 Å². The Morgan fingerprint density at radius 2 is 1.58 bits per heavy atom. The lowest BCUT2D eigenvalue weighted by Crippen LogP contribution is -2.61. The molecule has 0 spiro atoms. The van der Waals surface area contributed by atoms with E-state index in [-0.39, 0.29) is 16.8 Å². The fourth-order valence-electron chi connectivity index (χ4n) is 2.30. The molecule has 0 aliphatic carbocycles. The van der Waals surface area contributed by atoms with Crippen molar-refractivity contribution >= 4 is 0 Å². The predicted molar refractivity (Wildman–Crippen MR) is 78.6 cm³/mol. The van der Waals surface area contributed by atoms with Gasteiger partial charge in [0.25, 0.3) is 0 Å². The van der Waals surface area contributed by atoms with Gasteiger partial charge in [-0.2, -0.15) is 0 Å². The molecule has 0 aromatic rings. The first kappa shape index (κ1) is 16.9. The van der Waals surface area contributed by atoms with Crippen LogP contribution in [0.15, 0.2) is 0 Å².